The Kier molecular flexibility index (Phi) is 5.40. The third-order valence-corrected chi connectivity index (χ3v) is 2.68. The summed E-state index contributed by atoms with van der Waals surface area (Å²) < 4.78 is 2.21. The Hall–Kier alpha value is -0.830. The van der Waals surface area contributed by atoms with Crippen LogP contribution in [0.2, 0.25) is 0 Å². The molecular formula is C12H23N3. The number of rotatable bonds is 7. The van der Waals surface area contributed by atoms with Crippen molar-refractivity contribution in [3.63, 3.8) is 0 Å². The largest absolute Gasteiger partial charge is 0.321 e. The quantitative estimate of drug-likeness (QED) is 0.688. The predicted octanol–water partition coefficient (Wildman–Crippen LogP) is 2.91. The summed E-state index contributed by atoms with van der Waals surface area (Å²) in [6.07, 6.45) is 9.89. The van der Waals surface area contributed by atoms with Gasteiger partial charge in [0.05, 0.1) is 12.5 Å². The highest BCUT2D eigenvalue weighted by atomic mass is 15.3. The van der Waals surface area contributed by atoms with Crippen molar-refractivity contribution in [2.24, 2.45) is 0 Å². The van der Waals surface area contributed by atoms with E-state index in [1.54, 1.807) is 0 Å². The minimum absolute atomic E-state index is 0.479. The molecule has 0 N–H and O–H groups in total. The van der Waals surface area contributed by atoms with Crippen LogP contribution in [-0.2, 0) is 0 Å². The standard InChI is InChI=1S/C12H23N3/c1-4-8-14(9-5-2)12(6-3)15-10-7-13-11-15/h7,10-12H,4-6,8-9H2,1-3H3. The summed E-state index contributed by atoms with van der Waals surface area (Å²) in [5.41, 5.74) is 0. The van der Waals surface area contributed by atoms with Crippen molar-refractivity contribution in [1.29, 1.82) is 0 Å². The second-order valence-electron chi connectivity index (χ2n) is 3.93. The van der Waals surface area contributed by atoms with Crippen molar-refractivity contribution >= 4 is 0 Å². The first kappa shape index (κ1) is 12.2. The molecule has 0 aromatic carbocycles. The van der Waals surface area contributed by atoms with Crippen LogP contribution >= 0.6 is 0 Å². The van der Waals surface area contributed by atoms with E-state index >= 15 is 0 Å². The fraction of sp³-hybridized carbons (Fsp3) is 0.750. The van der Waals surface area contributed by atoms with Gasteiger partial charge in [0, 0.05) is 12.4 Å². The maximum Gasteiger partial charge on any atom is 0.0959 e. The molecule has 0 aliphatic heterocycles. The summed E-state index contributed by atoms with van der Waals surface area (Å²) in [4.78, 5) is 6.67. The van der Waals surface area contributed by atoms with Gasteiger partial charge in [0.2, 0.25) is 0 Å². The van der Waals surface area contributed by atoms with E-state index in [1.165, 1.54) is 25.9 Å². The van der Waals surface area contributed by atoms with Crippen molar-refractivity contribution in [3.05, 3.63) is 18.7 Å². The molecule has 0 saturated carbocycles. The molecule has 1 atom stereocenters. The Morgan fingerprint density at radius 2 is 1.87 bits per heavy atom. The van der Waals surface area contributed by atoms with Crippen LogP contribution in [0.3, 0.4) is 0 Å². The summed E-state index contributed by atoms with van der Waals surface area (Å²) in [6.45, 7) is 9.06. The monoisotopic (exact) mass is 209 g/mol. The molecule has 86 valence electrons. The first-order valence-electron chi connectivity index (χ1n) is 6.04. The second kappa shape index (κ2) is 6.62. The fourth-order valence-electron chi connectivity index (χ4n) is 2.09. The number of hydrogen-bond acceptors (Lipinski definition) is 2. The minimum Gasteiger partial charge on any atom is -0.321 e. The molecule has 0 aliphatic carbocycles. The maximum atomic E-state index is 4.13. The van der Waals surface area contributed by atoms with Gasteiger partial charge in [0.1, 0.15) is 0 Å². The Labute approximate surface area is 93.1 Å². The Bertz CT molecular complexity index is 237. The van der Waals surface area contributed by atoms with Gasteiger partial charge >= 0.3 is 0 Å². The van der Waals surface area contributed by atoms with Crippen LogP contribution in [-0.4, -0.2) is 27.5 Å². The van der Waals surface area contributed by atoms with Crippen molar-refractivity contribution < 1.29 is 0 Å². The fourth-order valence-corrected chi connectivity index (χ4v) is 2.09. The topological polar surface area (TPSA) is 21.1 Å². The van der Waals surface area contributed by atoms with Gasteiger partial charge in [-0.1, -0.05) is 20.8 Å². The zero-order chi connectivity index (χ0) is 11.1. The molecule has 1 heterocycles. The van der Waals surface area contributed by atoms with Crippen LogP contribution < -0.4 is 0 Å². The third kappa shape index (κ3) is 3.34. The smallest absolute Gasteiger partial charge is 0.0959 e. The van der Waals surface area contributed by atoms with Gasteiger partial charge in [-0.15, -0.1) is 0 Å². The van der Waals surface area contributed by atoms with Gasteiger partial charge in [0.15, 0.2) is 0 Å². The lowest BCUT2D eigenvalue weighted by atomic mass is 10.2. The van der Waals surface area contributed by atoms with E-state index in [1.807, 2.05) is 12.5 Å². The van der Waals surface area contributed by atoms with Crippen LogP contribution in [0.15, 0.2) is 18.7 Å². The zero-order valence-electron chi connectivity index (χ0n) is 10.2. The summed E-state index contributed by atoms with van der Waals surface area (Å²) >= 11 is 0. The van der Waals surface area contributed by atoms with Crippen LogP contribution in [0.25, 0.3) is 0 Å². The molecule has 0 saturated heterocycles. The van der Waals surface area contributed by atoms with Gasteiger partial charge in [0.25, 0.3) is 0 Å². The van der Waals surface area contributed by atoms with Crippen LogP contribution in [0.4, 0.5) is 0 Å². The number of aromatic nitrogens is 2. The molecule has 1 unspecified atom stereocenters. The molecule has 0 fully saturated rings. The Balaban J connectivity index is 2.69. The lowest BCUT2D eigenvalue weighted by Crippen LogP contribution is -2.33. The highest BCUT2D eigenvalue weighted by Gasteiger charge is 2.15. The van der Waals surface area contributed by atoms with E-state index in [-0.39, 0.29) is 0 Å². The average Bonchev–Trinajstić information content (AvgIpc) is 2.73. The molecular weight excluding hydrogens is 186 g/mol. The third-order valence-electron chi connectivity index (χ3n) is 2.68. The molecule has 1 rings (SSSR count). The van der Waals surface area contributed by atoms with Gasteiger partial charge < -0.3 is 4.57 Å². The van der Waals surface area contributed by atoms with Crippen LogP contribution in [0.5, 0.6) is 0 Å². The average molecular weight is 209 g/mol. The molecule has 0 aliphatic rings. The minimum atomic E-state index is 0.479. The van der Waals surface area contributed by atoms with Crippen molar-refractivity contribution in [1.82, 2.24) is 14.5 Å². The molecule has 0 radical (unpaired) electrons. The summed E-state index contributed by atoms with van der Waals surface area (Å²) in [5, 5.41) is 0. The van der Waals surface area contributed by atoms with E-state index in [2.05, 4.69) is 41.4 Å². The molecule has 0 spiro atoms. The number of hydrogen-bond donors (Lipinski definition) is 0. The normalized spacial score (nSPS) is 13.3. The van der Waals surface area contributed by atoms with Gasteiger partial charge in [-0.25, -0.2) is 4.98 Å². The molecule has 3 heteroatoms. The highest BCUT2D eigenvalue weighted by Crippen LogP contribution is 2.17. The molecule has 0 bridgehead atoms. The number of imidazole rings is 1. The zero-order valence-corrected chi connectivity index (χ0v) is 10.2. The van der Waals surface area contributed by atoms with Gasteiger partial charge in [-0.3, -0.25) is 4.90 Å². The van der Waals surface area contributed by atoms with Crippen molar-refractivity contribution in [2.75, 3.05) is 13.1 Å². The predicted molar refractivity (Wildman–Crippen MR) is 63.7 cm³/mol. The van der Waals surface area contributed by atoms with E-state index < -0.39 is 0 Å². The van der Waals surface area contributed by atoms with Crippen molar-refractivity contribution in [3.8, 4) is 0 Å². The van der Waals surface area contributed by atoms with E-state index in [9.17, 15) is 0 Å². The lowest BCUT2D eigenvalue weighted by molar-refractivity contribution is 0.134. The van der Waals surface area contributed by atoms with Gasteiger partial charge in [-0.2, -0.15) is 0 Å². The molecule has 0 amide bonds. The Morgan fingerprint density at radius 1 is 1.20 bits per heavy atom. The first-order chi connectivity index (χ1) is 7.33. The second-order valence-corrected chi connectivity index (χ2v) is 3.93. The molecule has 3 nitrogen and oxygen atoms in total. The number of nitrogens with zero attached hydrogens (tertiary/aromatic N) is 3. The van der Waals surface area contributed by atoms with Gasteiger partial charge in [-0.05, 0) is 32.4 Å². The van der Waals surface area contributed by atoms with Crippen LogP contribution in [0, 0.1) is 0 Å². The van der Waals surface area contributed by atoms with Crippen molar-refractivity contribution in [2.45, 2.75) is 46.2 Å². The SMILES string of the molecule is CCCN(CCC)C(CC)n1ccnc1. The lowest BCUT2D eigenvalue weighted by Gasteiger charge is -2.31. The summed E-state index contributed by atoms with van der Waals surface area (Å²) in [5.74, 6) is 0. The molecule has 1 aromatic rings. The molecule has 1 aromatic heterocycles. The summed E-state index contributed by atoms with van der Waals surface area (Å²) in [7, 11) is 0. The van der Waals surface area contributed by atoms with E-state index in [4.69, 9.17) is 0 Å². The highest BCUT2D eigenvalue weighted by molar-refractivity contribution is 4.80. The Morgan fingerprint density at radius 3 is 2.27 bits per heavy atom. The van der Waals surface area contributed by atoms with E-state index in [0.717, 1.165) is 6.42 Å². The first-order valence-corrected chi connectivity index (χ1v) is 6.04. The van der Waals surface area contributed by atoms with E-state index in [0.29, 0.717) is 6.17 Å². The maximum absolute atomic E-state index is 4.13. The summed E-state index contributed by atoms with van der Waals surface area (Å²) in [6, 6.07) is 0. The molecule has 15 heavy (non-hydrogen) atoms. The van der Waals surface area contributed by atoms with Crippen LogP contribution in [0.1, 0.15) is 46.2 Å².